The lowest BCUT2D eigenvalue weighted by atomic mass is 10.1. The zero-order valence-electron chi connectivity index (χ0n) is 10.2. The Balaban J connectivity index is 2.92. The molecule has 0 atom stereocenters. The first kappa shape index (κ1) is 14.3. The molecule has 0 heterocycles. The molecule has 0 aliphatic carbocycles. The average Bonchev–Trinajstić information content (AvgIpc) is 2.35. The second kappa shape index (κ2) is 6.86. The average molecular weight is 266 g/mol. The Morgan fingerprint density at radius 2 is 2.17 bits per heavy atom. The first-order valence-electron chi connectivity index (χ1n) is 5.24. The number of phenolic OH excluding ortho intramolecular Hbond substituents is 1. The molecule has 4 nitrogen and oxygen atoms in total. The number of ether oxygens (including phenoxy) is 1. The van der Waals surface area contributed by atoms with Crippen LogP contribution in [0.25, 0.3) is 6.08 Å². The first-order chi connectivity index (χ1) is 8.58. The van der Waals surface area contributed by atoms with E-state index in [1.54, 1.807) is 18.2 Å². The summed E-state index contributed by atoms with van der Waals surface area (Å²) in [5.41, 5.74) is 1.01. The Morgan fingerprint density at radius 1 is 1.44 bits per heavy atom. The summed E-state index contributed by atoms with van der Waals surface area (Å²) in [5.74, 6) is 0.769. The molecule has 0 saturated carbocycles. The lowest BCUT2D eigenvalue weighted by Crippen LogP contribution is -1.91. The molecular weight excluding hydrogens is 252 g/mol. The van der Waals surface area contributed by atoms with Gasteiger partial charge in [-0.3, -0.25) is 9.59 Å². The molecule has 5 heteroatoms. The summed E-state index contributed by atoms with van der Waals surface area (Å²) in [7, 11) is 1.44. The van der Waals surface area contributed by atoms with Crippen LogP contribution >= 0.6 is 11.8 Å². The normalized spacial score (nSPS) is 10.6. The van der Waals surface area contributed by atoms with Crippen molar-refractivity contribution in [3.8, 4) is 11.5 Å². The summed E-state index contributed by atoms with van der Waals surface area (Å²) in [6.45, 7) is 1.50. The highest BCUT2D eigenvalue weighted by Crippen LogP contribution is 2.29. The van der Waals surface area contributed by atoms with Crippen molar-refractivity contribution in [3.05, 3.63) is 29.3 Å². The van der Waals surface area contributed by atoms with E-state index in [0.717, 1.165) is 0 Å². The lowest BCUT2D eigenvalue weighted by molar-refractivity contribution is -0.109. The van der Waals surface area contributed by atoms with E-state index in [1.165, 1.54) is 31.9 Å². The van der Waals surface area contributed by atoms with Crippen molar-refractivity contribution >= 4 is 29.2 Å². The molecule has 0 saturated heterocycles. The van der Waals surface area contributed by atoms with Crippen LogP contribution in [-0.2, 0) is 4.79 Å². The van der Waals surface area contributed by atoms with Gasteiger partial charge >= 0.3 is 0 Å². The summed E-state index contributed by atoms with van der Waals surface area (Å²) in [4.78, 5) is 21.6. The maximum absolute atomic E-state index is 10.9. The number of benzene rings is 1. The van der Waals surface area contributed by atoms with Crippen LogP contribution in [0.1, 0.15) is 22.8 Å². The van der Waals surface area contributed by atoms with Crippen molar-refractivity contribution < 1.29 is 19.4 Å². The molecule has 1 aromatic rings. The fourth-order valence-corrected chi connectivity index (χ4v) is 1.78. The molecule has 0 bridgehead atoms. The van der Waals surface area contributed by atoms with Gasteiger partial charge in [-0.2, -0.15) is 0 Å². The van der Waals surface area contributed by atoms with Crippen molar-refractivity contribution in [3.63, 3.8) is 0 Å². The number of phenols is 1. The van der Waals surface area contributed by atoms with E-state index in [1.807, 2.05) is 0 Å². The van der Waals surface area contributed by atoms with E-state index >= 15 is 0 Å². The van der Waals surface area contributed by atoms with Gasteiger partial charge in [0.2, 0.25) is 0 Å². The van der Waals surface area contributed by atoms with Gasteiger partial charge in [-0.1, -0.05) is 23.9 Å². The summed E-state index contributed by atoms with van der Waals surface area (Å²) < 4.78 is 4.97. The van der Waals surface area contributed by atoms with Crippen LogP contribution in [-0.4, -0.2) is 29.4 Å². The highest BCUT2D eigenvalue weighted by molar-refractivity contribution is 8.13. The molecule has 96 valence electrons. The minimum atomic E-state index is -0.0742. The maximum atomic E-state index is 10.9. The molecule has 1 rings (SSSR count). The Bertz CT molecular complexity index is 480. The molecule has 0 spiro atoms. The molecule has 0 amide bonds. The highest BCUT2D eigenvalue weighted by Gasteiger charge is 2.07. The van der Waals surface area contributed by atoms with E-state index in [-0.39, 0.29) is 10.9 Å². The third-order valence-electron chi connectivity index (χ3n) is 2.19. The molecule has 0 aliphatic heterocycles. The SMILES string of the molecule is COc1cc(C=CCSC(C)=O)c(C=O)cc1O. The van der Waals surface area contributed by atoms with Crippen LogP contribution in [0.4, 0.5) is 0 Å². The molecule has 1 aromatic carbocycles. The maximum Gasteiger partial charge on any atom is 0.186 e. The van der Waals surface area contributed by atoms with Gasteiger partial charge in [-0.15, -0.1) is 0 Å². The van der Waals surface area contributed by atoms with Gasteiger partial charge in [0, 0.05) is 18.2 Å². The fraction of sp³-hybridized carbons (Fsp3) is 0.231. The molecule has 0 unspecified atom stereocenters. The van der Waals surface area contributed by atoms with Crippen molar-refractivity contribution in [1.82, 2.24) is 0 Å². The summed E-state index contributed by atoms with van der Waals surface area (Å²) >= 11 is 1.18. The third-order valence-corrected chi connectivity index (χ3v) is 2.96. The zero-order chi connectivity index (χ0) is 13.5. The topological polar surface area (TPSA) is 63.6 Å². The van der Waals surface area contributed by atoms with E-state index in [4.69, 9.17) is 4.74 Å². The van der Waals surface area contributed by atoms with Gasteiger partial charge in [0.25, 0.3) is 0 Å². The van der Waals surface area contributed by atoms with Crippen LogP contribution in [0, 0.1) is 0 Å². The number of carbonyl (C=O) groups excluding carboxylic acids is 2. The molecule has 0 fully saturated rings. The Kier molecular flexibility index (Phi) is 5.45. The van der Waals surface area contributed by atoms with Crippen molar-refractivity contribution in [1.29, 1.82) is 0 Å². The summed E-state index contributed by atoms with van der Waals surface area (Å²) in [5, 5.41) is 9.57. The summed E-state index contributed by atoms with van der Waals surface area (Å²) in [6.07, 6.45) is 4.17. The van der Waals surface area contributed by atoms with Crippen LogP contribution in [0.3, 0.4) is 0 Å². The second-order valence-electron chi connectivity index (χ2n) is 3.48. The van der Waals surface area contributed by atoms with Crippen LogP contribution in [0.2, 0.25) is 0 Å². The van der Waals surface area contributed by atoms with Crippen molar-refractivity contribution in [2.75, 3.05) is 12.9 Å². The Labute approximate surface area is 110 Å². The minimum Gasteiger partial charge on any atom is -0.504 e. The van der Waals surface area contributed by atoms with Gasteiger partial charge in [0.15, 0.2) is 22.9 Å². The zero-order valence-corrected chi connectivity index (χ0v) is 11.0. The molecule has 18 heavy (non-hydrogen) atoms. The van der Waals surface area contributed by atoms with Gasteiger partial charge in [0.05, 0.1) is 7.11 Å². The second-order valence-corrected chi connectivity index (χ2v) is 4.67. The Morgan fingerprint density at radius 3 is 2.72 bits per heavy atom. The van der Waals surface area contributed by atoms with Crippen molar-refractivity contribution in [2.24, 2.45) is 0 Å². The number of thioether (sulfide) groups is 1. The predicted octanol–water partition coefficient (Wildman–Crippen LogP) is 2.51. The third kappa shape index (κ3) is 3.92. The largest absolute Gasteiger partial charge is 0.504 e. The number of rotatable bonds is 5. The first-order valence-corrected chi connectivity index (χ1v) is 6.23. The lowest BCUT2D eigenvalue weighted by Gasteiger charge is -2.06. The van der Waals surface area contributed by atoms with Crippen LogP contribution in [0.15, 0.2) is 18.2 Å². The number of aldehydes is 1. The highest BCUT2D eigenvalue weighted by atomic mass is 32.2. The number of hydrogen-bond donors (Lipinski definition) is 1. The molecule has 1 N–H and O–H groups in total. The molecular formula is C13H14O4S. The van der Waals surface area contributed by atoms with Gasteiger partial charge in [-0.05, 0) is 17.7 Å². The number of carbonyl (C=O) groups is 2. The molecule has 0 aromatic heterocycles. The smallest absolute Gasteiger partial charge is 0.186 e. The van der Waals surface area contributed by atoms with Gasteiger partial charge in [-0.25, -0.2) is 0 Å². The van der Waals surface area contributed by atoms with Gasteiger partial charge in [0.1, 0.15) is 0 Å². The van der Waals surface area contributed by atoms with E-state index in [0.29, 0.717) is 28.9 Å². The number of methoxy groups -OCH3 is 1. The van der Waals surface area contributed by atoms with Crippen LogP contribution in [0.5, 0.6) is 11.5 Å². The fourth-order valence-electron chi connectivity index (χ4n) is 1.35. The van der Waals surface area contributed by atoms with E-state index < -0.39 is 0 Å². The number of hydrogen-bond acceptors (Lipinski definition) is 5. The monoisotopic (exact) mass is 266 g/mol. The summed E-state index contributed by atoms with van der Waals surface area (Å²) in [6, 6.07) is 2.93. The molecule has 0 aliphatic rings. The predicted molar refractivity (Wildman–Crippen MR) is 72.2 cm³/mol. The standard InChI is InChI=1S/C13H14O4S/c1-9(15)18-5-3-4-10-7-13(17-2)12(16)6-11(10)8-14/h3-4,6-8,16H,5H2,1-2H3. The van der Waals surface area contributed by atoms with Crippen molar-refractivity contribution in [2.45, 2.75) is 6.92 Å². The van der Waals surface area contributed by atoms with Crippen LogP contribution < -0.4 is 4.74 Å². The number of aromatic hydroxyl groups is 1. The quantitative estimate of drug-likeness (QED) is 0.830. The Hall–Kier alpha value is -1.75. The van der Waals surface area contributed by atoms with E-state index in [2.05, 4.69) is 0 Å². The minimum absolute atomic E-state index is 0.0403. The van der Waals surface area contributed by atoms with Gasteiger partial charge < -0.3 is 9.84 Å². The van der Waals surface area contributed by atoms with E-state index in [9.17, 15) is 14.7 Å². The molecule has 0 radical (unpaired) electrons.